The van der Waals surface area contributed by atoms with Crippen LogP contribution >= 0.6 is 0 Å². The molecule has 28 heavy (non-hydrogen) atoms. The van der Waals surface area contributed by atoms with Crippen LogP contribution in [-0.4, -0.2) is 43.1 Å². The lowest BCUT2D eigenvalue weighted by atomic mass is 10.1. The number of rotatable bonds is 7. The summed E-state index contributed by atoms with van der Waals surface area (Å²) in [6.07, 6.45) is 2.21. The Morgan fingerprint density at radius 3 is 2.61 bits per heavy atom. The van der Waals surface area contributed by atoms with Gasteiger partial charge in [-0.05, 0) is 36.5 Å². The van der Waals surface area contributed by atoms with Crippen LogP contribution in [0, 0.1) is 0 Å². The summed E-state index contributed by atoms with van der Waals surface area (Å²) in [5, 5.41) is 5.88. The number of nitrogens with one attached hydrogen (secondary N) is 2. The summed E-state index contributed by atoms with van der Waals surface area (Å²) in [6.45, 7) is 1.57. The van der Waals surface area contributed by atoms with Gasteiger partial charge in [-0.1, -0.05) is 48.5 Å². The number of amides is 3. The molecule has 1 fully saturated rings. The number of para-hydroxylation sites is 1. The van der Waals surface area contributed by atoms with Crippen molar-refractivity contribution in [2.45, 2.75) is 31.8 Å². The minimum Gasteiger partial charge on any atom is -0.496 e. The number of carbonyl (C=O) groups is 2. The summed E-state index contributed by atoms with van der Waals surface area (Å²) in [5.74, 6) is 0.720. The van der Waals surface area contributed by atoms with Crippen molar-refractivity contribution >= 4 is 11.9 Å². The summed E-state index contributed by atoms with van der Waals surface area (Å²) in [7, 11) is 1.64. The van der Waals surface area contributed by atoms with Crippen LogP contribution in [0.4, 0.5) is 4.79 Å². The van der Waals surface area contributed by atoms with E-state index < -0.39 is 6.04 Å². The molecular weight excluding hydrogens is 354 g/mol. The van der Waals surface area contributed by atoms with Gasteiger partial charge in [-0.25, -0.2) is 4.79 Å². The molecule has 2 N–H and O–H groups in total. The molecule has 3 amide bonds. The minimum atomic E-state index is -0.407. The van der Waals surface area contributed by atoms with Gasteiger partial charge in [0, 0.05) is 19.6 Å². The molecule has 1 aliphatic heterocycles. The molecule has 1 saturated heterocycles. The fourth-order valence-electron chi connectivity index (χ4n) is 3.50. The van der Waals surface area contributed by atoms with Gasteiger partial charge >= 0.3 is 6.03 Å². The zero-order valence-electron chi connectivity index (χ0n) is 16.2. The van der Waals surface area contributed by atoms with E-state index in [0.717, 1.165) is 23.3 Å². The zero-order valence-corrected chi connectivity index (χ0v) is 16.2. The number of benzene rings is 2. The lowest BCUT2D eigenvalue weighted by molar-refractivity contribution is -0.124. The van der Waals surface area contributed by atoms with Crippen molar-refractivity contribution in [2.24, 2.45) is 0 Å². The second kappa shape index (κ2) is 9.78. The standard InChI is InChI=1S/C22H27N3O3/c1-28-20-12-6-5-10-18(20)13-14-23-22(27)25-15-7-11-19(25)21(26)24-16-17-8-3-2-4-9-17/h2-6,8-10,12,19H,7,11,13-16H2,1H3,(H,23,27)(H,24,26). The second-order valence-corrected chi connectivity index (χ2v) is 6.85. The number of ether oxygens (including phenoxy) is 1. The monoisotopic (exact) mass is 381 g/mol. The van der Waals surface area contributed by atoms with Gasteiger partial charge in [-0.2, -0.15) is 0 Å². The fourth-order valence-corrected chi connectivity index (χ4v) is 3.50. The summed E-state index contributed by atoms with van der Waals surface area (Å²) in [5.41, 5.74) is 2.09. The van der Waals surface area contributed by atoms with Crippen LogP contribution in [0.25, 0.3) is 0 Å². The van der Waals surface area contributed by atoms with E-state index in [1.165, 1.54) is 0 Å². The Morgan fingerprint density at radius 2 is 1.82 bits per heavy atom. The lowest BCUT2D eigenvalue weighted by Gasteiger charge is -2.24. The molecule has 0 radical (unpaired) electrons. The van der Waals surface area contributed by atoms with Crippen LogP contribution in [0.1, 0.15) is 24.0 Å². The summed E-state index contributed by atoms with van der Waals surface area (Å²) in [4.78, 5) is 26.8. The maximum absolute atomic E-state index is 12.6. The summed E-state index contributed by atoms with van der Waals surface area (Å²) >= 11 is 0. The number of urea groups is 1. The highest BCUT2D eigenvalue weighted by Gasteiger charge is 2.33. The number of nitrogens with zero attached hydrogens (tertiary/aromatic N) is 1. The van der Waals surface area contributed by atoms with E-state index in [2.05, 4.69) is 10.6 Å². The molecule has 1 heterocycles. The predicted octanol–water partition coefficient (Wildman–Crippen LogP) is 2.73. The van der Waals surface area contributed by atoms with E-state index in [4.69, 9.17) is 4.74 Å². The number of likely N-dealkylation sites (tertiary alicyclic amines) is 1. The van der Waals surface area contributed by atoms with Gasteiger partial charge in [0.25, 0.3) is 0 Å². The first kappa shape index (κ1) is 19.7. The third-order valence-electron chi connectivity index (χ3n) is 4.99. The van der Waals surface area contributed by atoms with Crippen LogP contribution in [0.2, 0.25) is 0 Å². The Kier molecular flexibility index (Phi) is 6.89. The van der Waals surface area contributed by atoms with Crippen LogP contribution < -0.4 is 15.4 Å². The molecule has 0 spiro atoms. The Bertz CT molecular complexity index is 795. The Hall–Kier alpha value is -3.02. The molecule has 1 aliphatic rings. The molecule has 3 rings (SSSR count). The van der Waals surface area contributed by atoms with E-state index >= 15 is 0 Å². The molecule has 2 aromatic carbocycles. The SMILES string of the molecule is COc1ccccc1CCNC(=O)N1CCCC1C(=O)NCc1ccccc1. The molecule has 6 nitrogen and oxygen atoms in total. The van der Waals surface area contributed by atoms with Gasteiger partial charge in [0.2, 0.25) is 5.91 Å². The average molecular weight is 381 g/mol. The molecule has 0 saturated carbocycles. The Morgan fingerprint density at radius 1 is 1.07 bits per heavy atom. The number of hydrogen-bond acceptors (Lipinski definition) is 3. The first-order chi connectivity index (χ1) is 13.7. The van der Waals surface area contributed by atoms with Crippen molar-refractivity contribution < 1.29 is 14.3 Å². The van der Waals surface area contributed by atoms with Crippen molar-refractivity contribution in [3.63, 3.8) is 0 Å². The first-order valence-corrected chi connectivity index (χ1v) is 9.67. The molecule has 0 aromatic heterocycles. The third kappa shape index (κ3) is 5.03. The number of carbonyl (C=O) groups excluding carboxylic acids is 2. The first-order valence-electron chi connectivity index (χ1n) is 9.67. The molecule has 0 aliphatic carbocycles. The molecule has 1 unspecified atom stereocenters. The number of methoxy groups -OCH3 is 1. The number of hydrogen-bond donors (Lipinski definition) is 2. The molecule has 6 heteroatoms. The Labute approximate surface area is 165 Å². The van der Waals surface area contributed by atoms with Gasteiger partial charge in [0.05, 0.1) is 7.11 Å². The van der Waals surface area contributed by atoms with E-state index in [9.17, 15) is 9.59 Å². The quantitative estimate of drug-likeness (QED) is 0.775. The van der Waals surface area contributed by atoms with Gasteiger partial charge in [0.15, 0.2) is 0 Å². The smallest absolute Gasteiger partial charge is 0.318 e. The van der Waals surface area contributed by atoms with Crippen LogP contribution in [0.5, 0.6) is 5.75 Å². The maximum Gasteiger partial charge on any atom is 0.318 e. The summed E-state index contributed by atoms with van der Waals surface area (Å²) in [6, 6.07) is 16.9. The van der Waals surface area contributed by atoms with Crippen molar-refractivity contribution in [1.82, 2.24) is 15.5 Å². The average Bonchev–Trinajstić information content (AvgIpc) is 3.23. The third-order valence-corrected chi connectivity index (χ3v) is 4.99. The minimum absolute atomic E-state index is 0.0961. The molecular formula is C22H27N3O3. The van der Waals surface area contributed by atoms with E-state index in [1.807, 2.05) is 54.6 Å². The highest BCUT2D eigenvalue weighted by atomic mass is 16.5. The lowest BCUT2D eigenvalue weighted by Crippen LogP contribution is -2.49. The van der Waals surface area contributed by atoms with Gasteiger partial charge in [-0.15, -0.1) is 0 Å². The van der Waals surface area contributed by atoms with Crippen LogP contribution in [-0.2, 0) is 17.8 Å². The molecule has 0 bridgehead atoms. The normalized spacial score (nSPS) is 15.9. The van der Waals surface area contributed by atoms with Gasteiger partial charge < -0.3 is 20.3 Å². The highest BCUT2D eigenvalue weighted by Crippen LogP contribution is 2.19. The Balaban J connectivity index is 1.49. The largest absolute Gasteiger partial charge is 0.496 e. The topological polar surface area (TPSA) is 70.7 Å². The maximum atomic E-state index is 12.6. The fraction of sp³-hybridized carbons (Fsp3) is 0.364. The van der Waals surface area contributed by atoms with Crippen LogP contribution in [0.3, 0.4) is 0 Å². The van der Waals surface area contributed by atoms with Crippen LogP contribution in [0.15, 0.2) is 54.6 Å². The van der Waals surface area contributed by atoms with Gasteiger partial charge in [-0.3, -0.25) is 4.79 Å². The highest BCUT2D eigenvalue weighted by molar-refractivity contribution is 5.87. The van der Waals surface area contributed by atoms with Crippen molar-refractivity contribution in [1.29, 1.82) is 0 Å². The van der Waals surface area contributed by atoms with Gasteiger partial charge in [0.1, 0.15) is 11.8 Å². The molecule has 1 atom stereocenters. The van der Waals surface area contributed by atoms with E-state index in [0.29, 0.717) is 32.5 Å². The molecule has 2 aromatic rings. The van der Waals surface area contributed by atoms with E-state index in [-0.39, 0.29) is 11.9 Å². The second-order valence-electron chi connectivity index (χ2n) is 6.85. The van der Waals surface area contributed by atoms with Crippen molar-refractivity contribution in [3.05, 3.63) is 65.7 Å². The van der Waals surface area contributed by atoms with Crippen molar-refractivity contribution in [2.75, 3.05) is 20.2 Å². The van der Waals surface area contributed by atoms with E-state index in [1.54, 1.807) is 12.0 Å². The zero-order chi connectivity index (χ0) is 19.8. The predicted molar refractivity (Wildman–Crippen MR) is 108 cm³/mol. The molecule has 148 valence electrons. The summed E-state index contributed by atoms with van der Waals surface area (Å²) < 4.78 is 5.34. The van der Waals surface area contributed by atoms with Crippen molar-refractivity contribution in [3.8, 4) is 5.75 Å².